The molecule has 0 unspecified atom stereocenters. The molecule has 4 heteroatoms. The molecule has 22 heavy (non-hydrogen) atoms. The molecule has 1 heterocycles. The summed E-state index contributed by atoms with van der Waals surface area (Å²) in [5, 5.41) is 12.4. The maximum atomic E-state index is 12.2. The summed E-state index contributed by atoms with van der Waals surface area (Å²) >= 11 is 0. The van der Waals surface area contributed by atoms with Gasteiger partial charge >= 0.3 is 0 Å². The standard InChI is InChI=1S/C18H19NO3/c20-11-15-3-1-2-4-17(15)13-5-7-14(8-6-13)18(21)19-16-9-10-22-12-16/h1-8,16,20H,9-12H2,(H,19,21)/t16-/m1/s1. The quantitative estimate of drug-likeness (QED) is 0.911. The molecule has 0 bridgehead atoms. The van der Waals surface area contributed by atoms with Crippen LogP contribution in [0.5, 0.6) is 0 Å². The minimum atomic E-state index is -0.0718. The van der Waals surface area contributed by atoms with Gasteiger partial charge in [-0.2, -0.15) is 0 Å². The van der Waals surface area contributed by atoms with Crippen LogP contribution in [0.1, 0.15) is 22.3 Å². The number of amides is 1. The van der Waals surface area contributed by atoms with Gasteiger partial charge in [0, 0.05) is 12.2 Å². The zero-order valence-corrected chi connectivity index (χ0v) is 12.3. The van der Waals surface area contributed by atoms with Gasteiger partial charge < -0.3 is 15.2 Å². The van der Waals surface area contributed by atoms with Crippen LogP contribution in [0, 0.1) is 0 Å². The van der Waals surface area contributed by atoms with Crippen molar-refractivity contribution < 1.29 is 14.6 Å². The molecule has 1 aliphatic rings. The molecule has 1 aliphatic heterocycles. The third-order valence-corrected chi connectivity index (χ3v) is 3.91. The monoisotopic (exact) mass is 297 g/mol. The van der Waals surface area contributed by atoms with Gasteiger partial charge in [0.1, 0.15) is 0 Å². The lowest BCUT2D eigenvalue weighted by molar-refractivity contribution is 0.0930. The lowest BCUT2D eigenvalue weighted by atomic mass is 9.99. The third kappa shape index (κ3) is 3.18. The Bertz CT molecular complexity index is 646. The van der Waals surface area contributed by atoms with Gasteiger partial charge in [-0.25, -0.2) is 0 Å². The van der Waals surface area contributed by atoms with Gasteiger partial charge in [-0.1, -0.05) is 36.4 Å². The number of benzene rings is 2. The van der Waals surface area contributed by atoms with E-state index in [1.807, 2.05) is 48.5 Å². The van der Waals surface area contributed by atoms with Crippen molar-refractivity contribution in [2.45, 2.75) is 19.1 Å². The number of rotatable bonds is 4. The van der Waals surface area contributed by atoms with Crippen LogP contribution in [0.2, 0.25) is 0 Å². The van der Waals surface area contributed by atoms with Crippen molar-refractivity contribution in [3.05, 3.63) is 59.7 Å². The average molecular weight is 297 g/mol. The predicted molar refractivity (Wildman–Crippen MR) is 84.5 cm³/mol. The number of aliphatic hydroxyl groups is 1. The number of hydrogen-bond acceptors (Lipinski definition) is 3. The summed E-state index contributed by atoms with van der Waals surface area (Å²) in [5.41, 5.74) is 3.49. The number of ether oxygens (including phenoxy) is 1. The van der Waals surface area contributed by atoms with Crippen molar-refractivity contribution in [3.8, 4) is 11.1 Å². The number of carbonyl (C=O) groups is 1. The average Bonchev–Trinajstić information content (AvgIpc) is 3.08. The van der Waals surface area contributed by atoms with E-state index in [1.54, 1.807) is 0 Å². The molecule has 1 amide bonds. The van der Waals surface area contributed by atoms with Crippen LogP contribution in [0.3, 0.4) is 0 Å². The minimum Gasteiger partial charge on any atom is -0.392 e. The Balaban J connectivity index is 1.76. The zero-order chi connectivity index (χ0) is 15.4. The Labute approximate surface area is 129 Å². The van der Waals surface area contributed by atoms with Gasteiger partial charge in [0.2, 0.25) is 0 Å². The maximum Gasteiger partial charge on any atom is 0.251 e. The topological polar surface area (TPSA) is 58.6 Å². The van der Waals surface area contributed by atoms with E-state index in [0.29, 0.717) is 18.8 Å². The van der Waals surface area contributed by atoms with E-state index in [9.17, 15) is 9.90 Å². The number of nitrogens with one attached hydrogen (secondary N) is 1. The van der Waals surface area contributed by atoms with E-state index >= 15 is 0 Å². The largest absolute Gasteiger partial charge is 0.392 e. The van der Waals surface area contributed by atoms with Gasteiger partial charge in [0.25, 0.3) is 5.91 Å². The highest BCUT2D eigenvalue weighted by Gasteiger charge is 2.18. The third-order valence-electron chi connectivity index (χ3n) is 3.91. The highest BCUT2D eigenvalue weighted by atomic mass is 16.5. The molecular formula is C18H19NO3. The molecule has 4 nitrogen and oxygen atoms in total. The molecule has 1 saturated heterocycles. The van der Waals surface area contributed by atoms with Crippen LogP contribution >= 0.6 is 0 Å². The lowest BCUT2D eigenvalue weighted by Gasteiger charge is -2.11. The number of carbonyl (C=O) groups excluding carboxylic acids is 1. The maximum absolute atomic E-state index is 12.2. The van der Waals surface area contributed by atoms with E-state index in [-0.39, 0.29) is 18.6 Å². The summed E-state index contributed by atoms with van der Waals surface area (Å²) in [4.78, 5) is 12.2. The normalized spacial score (nSPS) is 17.4. The molecule has 2 N–H and O–H groups in total. The van der Waals surface area contributed by atoms with E-state index in [1.165, 1.54) is 0 Å². The van der Waals surface area contributed by atoms with Gasteiger partial charge in [-0.15, -0.1) is 0 Å². The molecule has 0 aliphatic carbocycles. The predicted octanol–water partition coefficient (Wildman–Crippen LogP) is 2.36. The van der Waals surface area contributed by atoms with Crippen molar-refractivity contribution in [1.29, 1.82) is 0 Å². The van der Waals surface area contributed by atoms with Crippen LogP contribution in [0.25, 0.3) is 11.1 Å². The molecular weight excluding hydrogens is 278 g/mol. The van der Waals surface area contributed by atoms with Crippen molar-refractivity contribution in [2.75, 3.05) is 13.2 Å². The second-order valence-corrected chi connectivity index (χ2v) is 5.43. The van der Waals surface area contributed by atoms with E-state index in [0.717, 1.165) is 23.1 Å². The zero-order valence-electron chi connectivity index (χ0n) is 12.3. The van der Waals surface area contributed by atoms with E-state index in [4.69, 9.17) is 4.74 Å². The number of aliphatic hydroxyl groups excluding tert-OH is 1. The fourth-order valence-electron chi connectivity index (χ4n) is 2.66. The molecule has 1 fully saturated rings. The Morgan fingerprint density at radius 3 is 2.64 bits per heavy atom. The number of hydrogen-bond donors (Lipinski definition) is 2. The fraction of sp³-hybridized carbons (Fsp3) is 0.278. The highest BCUT2D eigenvalue weighted by Crippen LogP contribution is 2.24. The van der Waals surface area contributed by atoms with E-state index in [2.05, 4.69) is 5.32 Å². The summed E-state index contributed by atoms with van der Waals surface area (Å²) in [5.74, 6) is -0.0718. The summed E-state index contributed by atoms with van der Waals surface area (Å²) in [6, 6.07) is 15.3. The van der Waals surface area contributed by atoms with Crippen LogP contribution < -0.4 is 5.32 Å². The van der Waals surface area contributed by atoms with Gasteiger partial charge in [-0.3, -0.25) is 4.79 Å². The summed E-state index contributed by atoms with van der Waals surface area (Å²) in [6.07, 6.45) is 0.869. The Kier molecular flexibility index (Phi) is 4.51. The summed E-state index contributed by atoms with van der Waals surface area (Å²) in [6.45, 7) is 1.30. The Hall–Kier alpha value is -2.17. The highest BCUT2D eigenvalue weighted by molar-refractivity contribution is 5.95. The van der Waals surface area contributed by atoms with E-state index < -0.39 is 0 Å². The van der Waals surface area contributed by atoms with Crippen molar-refractivity contribution >= 4 is 5.91 Å². The van der Waals surface area contributed by atoms with Crippen LogP contribution in [0.15, 0.2) is 48.5 Å². The first-order valence-electron chi connectivity index (χ1n) is 7.46. The molecule has 0 saturated carbocycles. The van der Waals surface area contributed by atoms with Crippen LogP contribution in [-0.2, 0) is 11.3 Å². The lowest BCUT2D eigenvalue weighted by Crippen LogP contribution is -2.34. The molecule has 114 valence electrons. The van der Waals surface area contributed by atoms with Crippen molar-refractivity contribution in [2.24, 2.45) is 0 Å². The molecule has 3 rings (SSSR count). The summed E-state index contributed by atoms with van der Waals surface area (Å²) in [7, 11) is 0. The first kappa shape index (κ1) is 14.8. The summed E-state index contributed by atoms with van der Waals surface area (Å²) < 4.78 is 5.26. The second-order valence-electron chi connectivity index (χ2n) is 5.43. The van der Waals surface area contributed by atoms with Crippen LogP contribution in [-0.4, -0.2) is 30.3 Å². The smallest absolute Gasteiger partial charge is 0.251 e. The Morgan fingerprint density at radius 1 is 1.18 bits per heavy atom. The first-order valence-corrected chi connectivity index (χ1v) is 7.46. The van der Waals surface area contributed by atoms with Gasteiger partial charge in [0.05, 0.1) is 19.3 Å². The molecule has 2 aromatic rings. The van der Waals surface area contributed by atoms with Crippen LogP contribution in [0.4, 0.5) is 0 Å². The molecule has 0 aromatic heterocycles. The fourth-order valence-corrected chi connectivity index (χ4v) is 2.66. The van der Waals surface area contributed by atoms with Gasteiger partial charge in [-0.05, 0) is 35.2 Å². The molecule has 1 atom stereocenters. The minimum absolute atomic E-state index is 0.0000902. The molecule has 2 aromatic carbocycles. The Morgan fingerprint density at radius 2 is 1.95 bits per heavy atom. The first-order chi connectivity index (χ1) is 10.8. The van der Waals surface area contributed by atoms with Gasteiger partial charge in [0.15, 0.2) is 0 Å². The van der Waals surface area contributed by atoms with Crippen molar-refractivity contribution in [1.82, 2.24) is 5.32 Å². The molecule has 0 radical (unpaired) electrons. The van der Waals surface area contributed by atoms with Crippen molar-refractivity contribution in [3.63, 3.8) is 0 Å². The molecule has 0 spiro atoms. The SMILES string of the molecule is O=C(N[C@@H]1CCOC1)c1ccc(-c2ccccc2CO)cc1. The second kappa shape index (κ2) is 6.73.